The maximum Gasteiger partial charge on any atom is 0.221 e. The Morgan fingerprint density at radius 3 is 2.28 bits per heavy atom. The maximum atomic E-state index is 10.9. The van der Waals surface area contributed by atoms with E-state index in [1.165, 1.54) is 6.92 Å². The highest BCUT2D eigenvalue weighted by Gasteiger charge is 2.47. The third-order valence-electron chi connectivity index (χ3n) is 3.76. The number of hydrogen-bond acceptors (Lipinski definition) is 3. The molecule has 3 N–H and O–H groups in total. The van der Waals surface area contributed by atoms with Gasteiger partial charge in [0.25, 0.3) is 0 Å². The molecule has 2 atom stereocenters. The minimum absolute atomic E-state index is 0.0704. The summed E-state index contributed by atoms with van der Waals surface area (Å²) in [5, 5.41) is 15.8. The highest BCUT2D eigenvalue weighted by atomic mass is 16.3. The highest BCUT2D eigenvalue weighted by molar-refractivity contribution is 5.88. The van der Waals surface area contributed by atoms with Crippen molar-refractivity contribution in [3.63, 3.8) is 0 Å². The minimum Gasteiger partial charge on any atom is -0.392 e. The summed E-state index contributed by atoms with van der Waals surface area (Å²) in [6.07, 6.45) is 0.550. The van der Waals surface area contributed by atoms with Crippen molar-refractivity contribution < 1.29 is 9.90 Å². The highest BCUT2D eigenvalue weighted by Crippen LogP contribution is 2.42. The van der Waals surface area contributed by atoms with E-state index in [0.717, 1.165) is 17.8 Å². The van der Waals surface area contributed by atoms with Gasteiger partial charge < -0.3 is 15.7 Å². The van der Waals surface area contributed by atoms with Crippen LogP contribution in [0.4, 0.5) is 11.4 Å². The summed E-state index contributed by atoms with van der Waals surface area (Å²) < 4.78 is 0. The van der Waals surface area contributed by atoms with Crippen molar-refractivity contribution >= 4 is 17.3 Å². The molecule has 98 valence electrons. The molecule has 0 heterocycles. The average Bonchev–Trinajstić information content (AvgIpc) is 2.30. The van der Waals surface area contributed by atoms with Crippen LogP contribution in [0.15, 0.2) is 24.3 Å². The van der Waals surface area contributed by atoms with Gasteiger partial charge in [-0.15, -0.1) is 0 Å². The van der Waals surface area contributed by atoms with E-state index in [9.17, 15) is 9.90 Å². The van der Waals surface area contributed by atoms with E-state index in [4.69, 9.17) is 0 Å². The van der Waals surface area contributed by atoms with Crippen LogP contribution in [-0.2, 0) is 4.79 Å². The van der Waals surface area contributed by atoms with E-state index in [0.29, 0.717) is 6.04 Å². The molecule has 1 saturated carbocycles. The molecular weight excluding hydrogens is 228 g/mol. The molecule has 4 nitrogen and oxygen atoms in total. The number of carbonyl (C=O) groups is 1. The van der Waals surface area contributed by atoms with E-state index >= 15 is 0 Å². The van der Waals surface area contributed by atoms with E-state index in [-0.39, 0.29) is 17.4 Å². The molecule has 0 spiro atoms. The second-order valence-electron chi connectivity index (χ2n) is 5.53. The number of amides is 1. The first-order valence-corrected chi connectivity index (χ1v) is 6.22. The fourth-order valence-corrected chi connectivity index (χ4v) is 2.20. The van der Waals surface area contributed by atoms with E-state index in [2.05, 4.69) is 24.5 Å². The molecule has 1 amide bonds. The molecule has 1 aliphatic rings. The normalized spacial score (nSPS) is 25.1. The van der Waals surface area contributed by atoms with Crippen molar-refractivity contribution in [2.45, 2.75) is 39.3 Å². The molecule has 1 aromatic rings. The molecule has 0 aliphatic heterocycles. The van der Waals surface area contributed by atoms with Gasteiger partial charge in [0, 0.05) is 29.8 Å². The van der Waals surface area contributed by atoms with Gasteiger partial charge in [0.05, 0.1) is 6.10 Å². The lowest BCUT2D eigenvalue weighted by Gasteiger charge is -2.49. The number of nitrogens with one attached hydrogen (secondary N) is 2. The smallest absolute Gasteiger partial charge is 0.221 e. The first-order chi connectivity index (χ1) is 8.39. The van der Waals surface area contributed by atoms with Crippen LogP contribution >= 0.6 is 0 Å². The number of hydrogen-bond donors (Lipinski definition) is 3. The Kier molecular flexibility index (Phi) is 3.30. The van der Waals surface area contributed by atoms with Crippen molar-refractivity contribution in [2.75, 3.05) is 10.6 Å². The lowest BCUT2D eigenvalue weighted by molar-refractivity contribution is -0.114. The Morgan fingerprint density at radius 2 is 1.83 bits per heavy atom. The zero-order valence-electron chi connectivity index (χ0n) is 11.0. The number of aliphatic hydroxyl groups excluding tert-OH is 1. The maximum absolute atomic E-state index is 10.9. The fraction of sp³-hybridized carbons (Fsp3) is 0.500. The number of carbonyl (C=O) groups excluding carboxylic acids is 1. The van der Waals surface area contributed by atoms with Crippen molar-refractivity contribution in [1.29, 1.82) is 0 Å². The van der Waals surface area contributed by atoms with Crippen LogP contribution in [0, 0.1) is 5.41 Å². The summed E-state index contributed by atoms with van der Waals surface area (Å²) >= 11 is 0. The Labute approximate surface area is 107 Å². The lowest BCUT2D eigenvalue weighted by atomic mass is 9.64. The van der Waals surface area contributed by atoms with Crippen LogP contribution < -0.4 is 10.6 Å². The first-order valence-electron chi connectivity index (χ1n) is 6.22. The molecule has 0 aromatic heterocycles. The second-order valence-corrected chi connectivity index (χ2v) is 5.53. The zero-order valence-corrected chi connectivity index (χ0v) is 11.0. The summed E-state index contributed by atoms with van der Waals surface area (Å²) in [4.78, 5) is 10.9. The molecule has 1 fully saturated rings. The molecular formula is C14H20N2O2. The van der Waals surface area contributed by atoms with Gasteiger partial charge >= 0.3 is 0 Å². The summed E-state index contributed by atoms with van der Waals surface area (Å²) in [6.45, 7) is 5.61. The zero-order chi connectivity index (χ0) is 13.3. The van der Waals surface area contributed by atoms with Crippen LogP contribution in [0.25, 0.3) is 0 Å². The van der Waals surface area contributed by atoms with Gasteiger partial charge in [-0.25, -0.2) is 0 Å². The summed E-state index contributed by atoms with van der Waals surface area (Å²) in [5.74, 6) is -0.0704. The van der Waals surface area contributed by atoms with Gasteiger partial charge in [0.15, 0.2) is 0 Å². The Morgan fingerprint density at radius 1 is 1.28 bits per heavy atom. The van der Waals surface area contributed by atoms with Gasteiger partial charge in [-0.2, -0.15) is 0 Å². The van der Waals surface area contributed by atoms with Crippen LogP contribution in [0.5, 0.6) is 0 Å². The standard InChI is InChI=1S/C14H20N2O2/c1-9(17)15-10-4-6-11(7-5-10)16-12-8-13(18)14(12,2)3/h4-7,12-13,16,18H,8H2,1-3H3,(H,15,17). The molecule has 2 rings (SSSR count). The van der Waals surface area contributed by atoms with E-state index in [1.807, 2.05) is 24.3 Å². The second kappa shape index (κ2) is 4.61. The van der Waals surface area contributed by atoms with Crippen LogP contribution in [0.3, 0.4) is 0 Å². The Balaban J connectivity index is 1.97. The largest absolute Gasteiger partial charge is 0.392 e. The fourth-order valence-electron chi connectivity index (χ4n) is 2.20. The third-order valence-corrected chi connectivity index (χ3v) is 3.76. The van der Waals surface area contributed by atoms with E-state index < -0.39 is 0 Å². The first kappa shape index (κ1) is 12.9. The van der Waals surface area contributed by atoms with Crippen LogP contribution in [0.1, 0.15) is 27.2 Å². The molecule has 2 unspecified atom stereocenters. The molecule has 18 heavy (non-hydrogen) atoms. The Bertz CT molecular complexity index is 440. The quantitative estimate of drug-likeness (QED) is 0.768. The van der Waals surface area contributed by atoms with Gasteiger partial charge in [-0.3, -0.25) is 4.79 Å². The monoisotopic (exact) mass is 248 g/mol. The van der Waals surface area contributed by atoms with Crippen molar-refractivity contribution in [3.05, 3.63) is 24.3 Å². The molecule has 0 saturated heterocycles. The SMILES string of the molecule is CC(=O)Nc1ccc(NC2CC(O)C2(C)C)cc1. The minimum atomic E-state index is -0.228. The van der Waals surface area contributed by atoms with Gasteiger partial charge in [-0.1, -0.05) is 13.8 Å². The van der Waals surface area contributed by atoms with Crippen molar-refractivity contribution in [2.24, 2.45) is 5.41 Å². The van der Waals surface area contributed by atoms with Crippen molar-refractivity contribution in [1.82, 2.24) is 0 Å². The summed E-state index contributed by atoms with van der Waals surface area (Å²) in [6, 6.07) is 7.90. The van der Waals surface area contributed by atoms with E-state index in [1.54, 1.807) is 0 Å². The van der Waals surface area contributed by atoms with Gasteiger partial charge in [-0.05, 0) is 30.7 Å². The molecule has 1 aliphatic carbocycles. The summed E-state index contributed by atoms with van der Waals surface area (Å²) in [7, 11) is 0. The third kappa shape index (κ3) is 2.48. The molecule has 4 heteroatoms. The average molecular weight is 248 g/mol. The molecule has 0 radical (unpaired) electrons. The van der Waals surface area contributed by atoms with Gasteiger partial charge in [0.1, 0.15) is 0 Å². The predicted octanol–water partition coefficient (Wildman–Crippen LogP) is 2.22. The molecule has 0 bridgehead atoms. The number of aliphatic hydroxyl groups is 1. The lowest BCUT2D eigenvalue weighted by Crippen LogP contribution is -2.56. The van der Waals surface area contributed by atoms with Crippen LogP contribution in [0.2, 0.25) is 0 Å². The Hall–Kier alpha value is -1.55. The summed E-state index contributed by atoms with van der Waals surface area (Å²) in [5.41, 5.74) is 1.71. The van der Waals surface area contributed by atoms with Crippen molar-refractivity contribution in [3.8, 4) is 0 Å². The number of benzene rings is 1. The van der Waals surface area contributed by atoms with Gasteiger partial charge in [0.2, 0.25) is 5.91 Å². The number of anilines is 2. The predicted molar refractivity (Wildman–Crippen MR) is 72.6 cm³/mol. The van der Waals surface area contributed by atoms with Crippen LogP contribution in [-0.4, -0.2) is 23.2 Å². The molecule has 1 aromatic carbocycles. The number of rotatable bonds is 3. The topological polar surface area (TPSA) is 61.4 Å².